The van der Waals surface area contributed by atoms with E-state index in [1.807, 2.05) is 25.1 Å². The molecule has 0 spiro atoms. The highest BCUT2D eigenvalue weighted by molar-refractivity contribution is 5.77. The molecule has 0 heterocycles. The number of benzene rings is 1. The summed E-state index contributed by atoms with van der Waals surface area (Å²) >= 11 is 0. The molecule has 1 atom stereocenters. The summed E-state index contributed by atoms with van der Waals surface area (Å²) in [5.41, 5.74) is 6.64. The molecule has 88 valence electrons. The van der Waals surface area contributed by atoms with E-state index >= 15 is 0 Å². The quantitative estimate of drug-likeness (QED) is 0.572. The molecule has 3 N–H and O–H groups in total. The van der Waals surface area contributed by atoms with Crippen LogP contribution in [0.2, 0.25) is 0 Å². The van der Waals surface area contributed by atoms with E-state index in [-0.39, 0.29) is 11.9 Å². The van der Waals surface area contributed by atoms with Gasteiger partial charge < -0.3 is 10.5 Å². The largest absolute Gasteiger partial charge is 0.490 e. The second-order valence-corrected chi connectivity index (χ2v) is 3.88. The van der Waals surface area contributed by atoms with E-state index in [1.165, 1.54) is 5.56 Å². The van der Waals surface area contributed by atoms with E-state index in [1.54, 1.807) is 0 Å². The van der Waals surface area contributed by atoms with E-state index in [4.69, 9.17) is 15.9 Å². The molecule has 1 aromatic carbocycles. The Morgan fingerprint density at radius 3 is 2.75 bits per heavy atom. The summed E-state index contributed by atoms with van der Waals surface area (Å²) in [5, 5.41) is 7.27. The fraction of sp³-hybridized carbons (Fsp3) is 0.462. The molecule has 1 aromatic rings. The molecule has 1 unspecified atom stereocenters. The molecule has 3 nitrogen and oxygen atoms in total. The minimum atomic E-state index is 0.00426. The van der Waals surface area contributed by atoms with E-state index in [0.29, 0.717) is 6.42 Å². The summed E-state index contributed by atoms with van der Waals surface area (Å²) < 4.78 is 5.80. The third kappa shape index (κ3) is 3.93. The summed E-state index contributed by atoms with van der Waals surface area (Å²) in [4.78, 5) is 0. The first-order valence-corrected chi connectivity index (χ1v) is 5.74. The Morgan fingerprint density at radius 1 is 1.44 bits per heavy atom. The summed E-state index contributed by atoms with van der Waals surface area (Å²) in [6.45, 7) is 4.16. The Labute approximate surface area is 97.1 Å². The number of hydrogen-bond donors (Lipinski definition) is 2. The first kappa shape index (κ1) is 12.6. The van der Waals surface area contributed by atoms with Crippen LogP contribution in [0.15, 0.2) is 24.3 Å². The summed E-state index contributed by atoms with van der Waals surface area (Å²) in [7, 11) is 0. The molecule has 0 fully saturated rings. The Hall–Kier alpha value is -1.51. The average Bonchev–Trinajstić information content (AvgIpc) is 2.28. The number of nitrogens with one attached hydrogen (secondary N) is 1. The topological polar surface area (TPSA) is 59.1 Å². The second kappa shape index (κ2) is 6.16. The van der Waals surface area contributed by atoms with Crippen LogP contribution in [0, 0.1) is 5.41 Å². The molecular weight excluding hydrogens is 200 g/mol. The number of amidine groups is 1. The molecule has 0 aliphatic rings. The molecule has 3 heteroatoms. The van der Waals surface area contributed by atoms with Crippen LogP contribution in [0.5, 0.6) is 5.75 Å². The van der Waals surface area contributed by atoms with Gasteiger partial charge in [-0.3, -0.25) is 5.41 Å². The molecule has 0 saturated carbocycles. The molecule has 0 bridgehead atoms. The fourth-order valence-electron chi connectivity index (χ4n) is 1.55. The lowest BCUT2D eigenvalue weighted by molar-refractivity contribution is 0.204. The van der Waals surface area contributed by atoms with Gasteiger partial charge in [-0.05, 0) is 30.5 Å². The van der Waals surface area contributed by atoms with Gasteiger partial charge in [-0.25, -0.2) is 0 Å². The maximum atomic E-state index is 7.27. The van der Waals surface area contributed by atoms with Gasteiger partial charge in [-0.1, -0.05) is 26.0 Å². The van der Waals surface area contributed by atoms with Crippen molar-refractivity contribution in [2.75, 3.05) is 0 Å². The van der Waals surface area contributed by atoms with E-state index < -0.39 is 0 Å². The molecule has 0 aliphatic carbocycles. The van der Waals surface area contributed by atoms with Crippen LogP contribution in [0.1, 0.15) is 32.3 Å². The van der Waals surface area contributed by atoms with Gasteiger partial charge >= 0.3 is 0 Å². The standard InChI is InChI=1S/C13H20N2O/c1-3-10-6-5-7-12(8-10)16-11(4-2)9-13(14)15/h5-8,11H,3-4,9H2,1-2H3,(H3,14,15). The minimum absolute atomic E-state index is 0.00426. The summed E-state index contributed by atoms with van der Waals surface area (Å²) in [6.07, 6.45) is 2.35. The van der Waals surface area contributed by atoms with Crippen LogP contribution >= 0.6 is 0 Å². The molecular formula is C13H20N2O. The van der Waals surface area contributed by atoms with Crippen molar-refractivity contribution in [3.05, 3.63) is 29.8 Å². The normalized spacial score (nSPS) is 12.1. The molecule has 1 rings (SSSR count). The van der Waals surface area contributed by atoms with Crippen molar-refractivity contribution >= 4 is 5.84 Å². The van der Waals surface area contributed by atoms with Gasteiger partial charge in [-0.2, -0.15) is 0 Å². The number of nitrogens with two attached hydrogens (primary N) is 1. The summed E-state index contributed by atoms with van der Waals surface area (Å²) in [5.74, 6) is 1.05. The number of rotatable bonds is 6. The van der Waals surface area contributed by atoms with Gasteiger partial charge in [0.1, 0.15) is 11.9 Å². The maximum absolute atomic E-state index is 7.27. The van der Waals surface area contributed by atoms with Crippen LogP contribution < -0.4 is 10.5 Å². The SMILES string of the molecule is CCc1cccc(OC(CC)CC(=N)N)c1. The van der Waals surface area contributed by atoms with E-state index in [0.717, 1.165) is 18.6 Å². The Balaban J connectivity index is 2.65. The number of hydrogen-bond acceptors (Lipinski definition) is 2. The third-order valence-corrected chi connectivity index (χ3v) is 2.51. The van der Waals surface area contributed by atoms with Crippen molar-refractivity contribution in [2.45, 2.75) is 39.2 Å². The zero-order valence-corrected chi connectivity index (χ0v) is 9.99. The smallest absolute Gasteiger partial charge is 0.120 e. The molecule has 0 aliphatic heterocycles. The number of aryl methyl sites for hydroxylation is 1. The Kier molecular flexibility index (Phi) is 4.83. The maximum Gasteiger partial charge on any atom is 0.120 e. The van der Waals surface area contributed by atoms with E-state index in [2.05, 4.69) is 13.0 Å². The zero-order valence-electron chi connectivity index (χ0n) is 9.99. The van der Waals surface area contributed by atoms with Crippen molar-refractivity contribution in [3.8, 4) is 5.75 Å². The van der Waals surface area contributed by atoms with Crippen LogP contribution in [0.25, 0.3) is 0 Å². The highest BCUT2D eigenvalue weighted by Gasteiger charge is 2.09. The van der Waals surface area contributed by atoms with Gasteiger partial charge in [0, 0.05) is 6.42 Å². The first-order valence-electron chi connectivity index (χ1n) is 5.74. The molecule has 0 amide bonds. The lowest BCUT2D eigenvalue weighted by Crippen LogP contribution is -2.23. The van der Waals surface area contributed by atoms with Crippen LogP contribution in [-0.4, -0.2) is 11.9 Å². The van der Waals surface area contributed by atoms with Crippen LogP contribution in [-0.2, 0) is 6.42 Å². The molecule has 0 aromatic heterocycles. The van der Waals surface area contributed by atoms with Crippen LogP contribution in [0.3, 0.4) is 0 Å². The predicted octanol–water partition coefficient (Wildman–Crippen LogP) is 2.73. The van der Waals surface area contributed by atoms with Gasteiger partial charge in [0.25, 0.3) is 0 Å². The Morgan fingerprint density at radius 2 is 2.19 bits per heavy atom. The highest BCUT2D eigenvalue weighted by atomic mass is 16.5. The predicted molar refractivity (Wildman–Crippen MR) is 67.1 cm³/mol. The Bertz CT molecular complexity index is 350. The lowest BCUT2D eigenvalue weighted by Gasteiger charge is -2.17. The fourth-order valence-corrected chi connectivity index (χ4v) is 1.55. The van der Waals surface area contributed by atoms with Gasteiger partial charge in [-0.15, -0.1) is 0 Å². The third-order valence-electron chi connectivity index (χ3n) is 2.51. The number of ether oxygens (including phenoxy) is 1. The van der Waals surface area contributed by atoms with Gasteiger partial charge in [0.05, 0.1) is 5.84 Å². The zero-order chi connectivity index (χ0) is 12.0. The van der Waals surface area contributed by atoms with Crippen molar-refractivity contribution in [1.82, 2.24) is 0 Å². The van der Waals surface area contributed by atoms with Gasteiger partial charge in [0.15, 0.2) is 0 Å². The molecule has 0 saturated heterocycles. The second-order valence-electron chi connectivity index (χ2n) is 3.88. The van der Waals surface area contributed by atoms with Crippen molar-refractivity contribution < 1.29 is 4.74 Å². The average molecular weight is 220 g/mol. The highest BCUT2D eigenvalue weighted by Crippen LogP contribution is 2.17. The minimum Gasteiger partial charge on any atom is -0.490 e. The van der Waals surface area contributed by atoms with Crippen molar-refractivity contribution in [1.29, 1.82) is 5.41 Å². The summed E-state index contributed by atoms with van der Waals surface area (Å²) in [6, 6.07) is 8.07. The lowest BCUT2D eigenvalue weighted by atomic mass is 10.1. The first-order chi connectivity index (χ1) is 7.65. The van der Waals surface area contributed by atoms with Crippen molar-refractivity contribution in [3.63, 3.8) is 0 Å². The molecule has 16 heavy (non-hydrogen) atoms. The molecule has 0 radical (unpaired) electrons. The van der Waals surface area contributed by atoms with Crippen molar-refractivity contribution in [2.24, 2.45) is 5.73 Å². The van der Waals surface area contributed by atoms with Crippen LogP contribution in [0.4, 0.5) is 0 Å². The van der Waals surface area contributed by atoms with Gasteiger partial charge in [0.2, 0.25) is 0 Å². The van der Waals surface area contributed by atoms with E-state index in [9.17, 15) is 0 Å². The monoisotopic (exact) mass is 220 g/mol.